The number of aliphatic hydroxyl groups is 2. The Kier molecular flexibility index (Phi) is 12.0. The van der Waals surface area contributed by atoms with E-state index >= 15 is 0 Å². The Hall–Kier alpha value is -0.910. The molecule has 1 rings (SSSR count). The maximum atomic E-state index is 11.5. The fourth-order valence-corrected chi connectivity index (χ4v) is 3.99. The van der Waals surface area contributed by atoms with Gasteiger partial charge < -0.3 is 14.7 Å². The van der Waals surface area contributed by atoms with Crippen LogP contribution in [0.15, 0.2) is 12.1 Å². The largest absolute Gasteiger partial charge is 0.524 e. The van der Waals surface area contributed by atoms with Crippen molar-refractivity contribution in [2.45, 2.75) is 118 Å². The van der Waals surface area contributed by atoms with Gasteiger partial charge in [-0.05, 0) is 34.7 Å². The second-order valence-electron chi connectivity index (χ2n) is 12.5. The van der Waals surface area contributed by atoms with Crippen LogP contribution < -0.4 is 4.52 Å². The summed E-state index contributed by atoms with van der Waals surface area (Å²) in [7, 11) is -4.64. The van der Waals surface area contributed by atoms with E-state index in [0.717, 1.165) is 42.4 Å². The molecule has 0 radical (unpaired) electrons. The van der Waals surface area contributed by atoms with Crippen molar-refractivity contribution in [3.05, 3.63) is 28.8 Å². The van der Waals surface area contributed by atoms with Crippen LogP contribution in [0.2, 0.25) is 0 Å². The van der Waals surface area contributed by atoms with E-state index in [1.165, 1.54) is 0 Å². The summed E-state index contributed by atoms with van der Waals surface area (Å²) < 4.78 is 16.7. The van der Waals surface area contributed by atoms with Gasteiger partial charge in [-0.15, -0.1) is 0 Å². The molecule has 0 aliphatic heterocycles. The third kappa shape index (κ3) is 10.4. The molecule has 0 atom stereocenters. The fourth-order valence-electron chi connectivity index (χ4n) is 3.55. The molecule has 0 unspecified atom stereocenters. The molecule has 0 saturated carbocycles. The van der Waals surface area contributed by atoms with Crippen molar-refractivity contribution in [1.82, 2.24) is 0 Å². The van der Waals surface area contributed by atoms with E-state index in [9.17, 15) is 14.4 Å². The Morgan fingerprint density at radius 1 is 0.794 bits per heavy atom. The van der Waals surface area contributed by atoms with E-state index in [-0.39, 0.29) is 34.9 Å². The van der Waals surface area contributed by atoms with Crippen molar-refractivity contribution in [2.24, 2.45) is 5.41 Å². The topological polar surface area (TPSA) is 107 Å². The number of hydrogen-bond donors (Lipinski definition) is 4. The molecule has 4 N–H and O–H groups in total. The number of aliphatic hydroxyl groups excluding tert-OH is 2. The highest BCUT2D eigenvalue weighted by molar-refractivity contribution is 7.46. The molecule has 0 amide bonds. The normalized spacial score (nSPS) is 13.4. The maximum Gasteiger partial charge on any atom is 0.524 e. The second-order valence-corrected chi connectivity index (χ2v) is 13.7. The van der Waals surface area contributed by atoms with E-state index in [0.29, 0.717) is 5.75 Å². The van der Waals surface area contributed by atoms with Crippen molar-refractivity contribution in [1.29, 1.82) is 0 Å². The SMILES string of the molecule is CC(C)(C)c1cc(C(C)(C)C)c(OP(=O)(O)O)c(C(C)(C)C)c1.CCCCC(CC)(CO)CO. The lowest BCUT2D eigenvalue weighted by atomic mass is 9.75. The van der Waals surface area contributed by atoms with Crippen LogP contribution in [0.1, 0.15) is 119 Å². The lowest BCUT2D eigenvalue weighted by Crippen LogP contribution is -2.28. The molecule has 34 heavy (non-hydrogen) atoms. The lowest BCUT2D eigenvalue weighted by molar-refractivity contribution is 0.0420. The highest BCUT2D eigenvalue weighted by Gasteiger charge is 2.33. The standard InChI is InChI=1S/C18H31O4P.C9H20O2/c1-16(2,3)12-10-13(17(4,5)6)15(22-23(19,20)21)14(11-12)18(7,8)9;1-3-5-6-9(4-2,7-10)8-11/h10-11H,1-9H3,(H2,19,20,21);10-11H,3-8H2,1-2H3. The van der Waals surface area contributed by atoms with E-state index in [4.69, 9.17) is 14.7 Å². The first-order valence-electron chi connectivity index (χ1n) is 12.3. The van der Waals surface area contributed by atoms with Gasteiger partial charge in [0.15, 0.2) is 0 Å². The van der Waals surface area contributed by atoms with Crippen LogP contribution in [0, 0.1) is 5.41 Å². The van der Waals surface area contributed by atoms with Crippen LogP contribution >= 0.6 is 7.82 Å². The van der Waals surface area contributed by atoms with Gasteiger partial charge in [0.05, 0.1) is 13.2 Å². The number of benzene rings is 1. The van der Waals surface area contributed by atoms with Gasteiger partial charge in [0.25, 0.3) is 0 Å². The summed E-state index contributed by atoms with van der Waals surface area (Å²) in [5.41, 5.74) is 1.88. The van der Waals surface area contributed by atoms with Crippen LogP contribution in [0.25, 0.3) is 0 Å². The zero-order valence-electron chi connectivity index (χ0n) is 23.4. The van der Waals surface area contributed by atoms with E-state index < -0.39 is 7.82 Å². The van der Waals surface area contributed by atoms with E-state index in [1.807, 2.05) is 60.6 Å². The van der Waals surface area contributed by atoms with Crippen LogP contribution in [0.3, 0.4) is 0 Å². The molecule has 0 fully saturated rings. The van der Waals surface area contributed by atoms with Crippen molar-refractivity contribution in [3.8, 4) is 5.75 Å². The molecule has 1 aromatic rings. The van der Waals surface area contributed by atoms with Gasteiger partial charge in [-0.3, -0.25) is 9.79 Å². The van der Waals surface area contributed by atoms with Crippen LogP contribution in [0.4, 0.5) is 0 Å². The van der Waals surface area contributed by atoms with Crippen molar-refractivity contribution in [2.75, 3.05) is 13.2 Å². The van der Waals surface area contributed by atoms with Gasteiger partial charge in [0.2, 0.25) is 0 Å². The number of phosphoric acid groups is 1. The summed E-state index contributed by atoms with van der Waals surface area (Å²) in [4.78, 5) is 18.7. The third-order valence-corrected chi connectivity index (χ3v) is 6.68. The zero-order valence-corrected chi connectivity index (χ0v) is 24.3. The second kappa shape index (κ2) is 12.4. The smallest absolute Gasteiger partial charge is 0.404 e. The molecule has 0 saturated heterocycles. The fraction of sp³-hybridized carbons (Fsp3) is 0.778. The molecule has 0 bridgehead atoms. The minimum Gasteiger partial charge on any atom is -0.404 e. The first-order chi connectivity index (χ1) is 15.2. The van der Waals surface area contributed by atoms with Crippen molar-refractivity contribution >= 4 is 7.82 Å². The van der Waals surface area contributed by atoms with Gasteiger partial charge in [-0.25, -0.2) is 4.57 Å². The van der Waals surface area contributed by atoms with Gasteiger partial charge in [0.1, 0.15) is 5.75 Å². The van der Waals surface area contributed by atoms with E-state index in [2.05, 4.69) is 27.7 Å². The lowest BCUT2D eigenvalue weighted by Gasteiger charge is -2.32. The predicted molar refractivity (Wildman–Crippen MR) is 142 cm³/mol. The van der Waals surface area contributed by atoms with Gasteiger partial charge in [0, 0.05) is 16.5 Å². The molecule has 200 valence electrons. The van der Waals surface area contributed by atoms with Gasteiger partial charge in [-0.2, -0.15) is 0 Å². The number of hydrogen-bond acceptors (Lipinski definition) is 4. The summed E-state index contributed by atoms with van der Waals surface area (Å²) in [6, 6.07) is 4.03. The summed E-state index contributed by atoms with van der Waals surface area (Å²) in [5, 5.41) is 18.1. The number of phosphoric ester groups is 1. The van der Waals surface area contributed by atoms with Gasteiger partial charge in [-0.1, -0.05) is 101 Å². The minimum atomic E-state index is -4.64. The molecule has 0 spiro atoms. The Morgan fingerprint density at radius 3 is 1.44 bits per heavy atom. The quantitative estimate of drug-likeness (QED) is 0.298. The Labute approximate surface area is 208 Å². The summed E-state index contributed by atoms with van der Waals surface area (Å²) in [5.74, 6) is 0.311. The van der Waals surface area contributed by atoms with Crippen LogP contribution in [-0.2, 0) is 20.8 Å². The summed E-state index contributed by atoms with van der Waals surface area (Å²) in [6.07, 6.45) is 4.02. The first kappa shape index (κ1) is 33.1. The molecule has 0 aliphatic rings. The molecular formula is C27H51O6P. The Balaban J connectivity index is 0.000000833. The molecule has 7 heteroatoms. The Morgan fingerprint density at radius 2 is 1.21 bits per heavy atom. The van der Waals surface area contributed by atoms with Crippen LogP contribution in [-0.4, -0.2) is 33.2 Å². The number of unbranched alkanes of at least 4 members (excludes halogenated alkanes) is 1. The number of rotatable bonds is 8. The molecular weight excluding hydrogens is 451 g/mol. The average molecular weight is 503 g/mol. The monoisotopic (exact) mass is 502 g/mol. The van der Waals surface area contributed by atoms with Gasteiger partial charge >= 0.3 is 7.82 Å². The third-order valence-electron chi connectivity index (χ3n) is 6.26. The maximum absolute atomic E-state index is 11.5. The average Bonchev–Trinajstić information content (AvgIpc) is 2.66. The zero-order chi connectivity index (χ0) is 27.2. The molecule has 0 aliphatic carbocycles. The predicted octanol–water partition coefficient (Wildman–Crippen LogP) is 6.61. The molecule has 6 nitrogen and oxygen atoms in total. The van der Waals surface area contributed by atoms with Crippen molar-refractivity contribution < 1.29 is 29.1 Å². The van der Waals surface area contributed by atoms with Crippen molar-refractivity contribution in [3.63, 3.8) is 0 Å². The molecule has 0 aromatic heterocycles. The van der Waals surface area contributed by atoms with Crippen LogP contribution in [0.5, 0.6) is 5.75 Å². The molecule has 0 heterocycles. The highest BCUT2D eigenvalue weighted by Crippen LogP contribution is 2.48. The van der Waals surface area contributed by atoms with E-state index in [1.54, 1.807) is 0 Å². The Bertz CT molecular complexity index is 759. The molecule has 1 aromatic carbocycles. The highest BCUT2D eigenvalue weighted by atomic mass is 31.2. The summed E-state index contributed by atoms with van der Waals surface area (Å²) in [6.45, 7) is 22.9. The minimum absolute atomic E-state index is 0.0688. The first-order valence-corrected chi connectivity index (χ1v) is 13.9. The summed E-state index contributed by atoms with van der Waals surface area (Å²) >= 11 is 0.